The molecule has 1 aliphatic carbocycles. The number of phosphoric ester groups is 2. The number of pyridine rings is 4. The summed E-state index contributed by atoms with van der Waals surface area (Å²) in [6, 6.07) is 15.0. The zero-order valence-corrected chi connectivity index (χ0v) is 54.4. The molecule has 13 rings (SSSR count). The Bertz CT molecular complexity index is 4230. The highest BCUT2D eigenvalue weighted by atomic mass is 31.2. The minimum absolute atomic E-state index is 0.0101. The molecule has 0 spiro atoms. The van der Waals surface area contributed by atoms with Crippen LogP contribution in [0.5, 0.6) is 5.75 Å². The molecule has 3 saturated heterocycles. The molecule has 0 radical (unpaired) electrons. The van der Waals surface area contributed by atoms with Gasteiger partial charge in [0.1, 0.15) is 47.2 Å². The van der Waals surface area contributed by atoms with Gasteiger partial charge in [-0.2, -0.15) is 0 Å². The molecule has 502 valence electrons. The van der Waals surface area contributed by atoms with E-state index in [0.717, 1.165) is 68.1 Å². The Hall–Kier alpha value is -8.41. The molecule has 4 atom stereocenters. The summed E-state index contributed by atoms with van der Waals surface area (Å²) >= 11 is 0. The second-order valence-corrected chi connectivity index (χ2v) is 28.2. The lowest BCUT2D eigenvalue weighted by atomic mass is 9.90. The van der Waals surface area contributed by atoms with Gasteiger partial charge < -0.3 is 63.3 Å². The van der Waals surface area contributed by atoms with Gasteiger partial charge in [-0.3, -0.25) is 47.7 Å². The van der Waals surface area contributed by atoms with Crippen LogP contribution in [0.2, 0.25) is 0 Å². The number of carbonyl (C=O) groups excluding carboxylic acids is 5. The van der Waals surface area contributed by atoms with Crippen molar-refractivity contribution in [1.82, 2.24) is 38.8 Å². The van der Waals surface area contributed by atoms with Crippen LogP contribution in [0, 0.1) is 5.41 Å². The average molecular weight is 1350 g/mol. The Kier molecular flexibility index (Phi) is 17.6. The molecule has 5 amide bonds. The van der Waals surface area contributed by atoms with Crippen LogP contribution in [-0.2, 0) is 78.7 Å². The highest BCUT2D eigenvalue weighted by Crippen LogP contribution is 2.47. The first kappa shape index (κ1) is 65.3. The number of likely N-dealkylation sites (tertiary alicyclic amines) is 1. The lowest BCUT2D eigenvalue weighted by molar-refractivity contribution is -0.156. The number of nitrogens with one attached hydrogen (secondary N) is 1. The van der Waals surface area contributed by atoms with Gasteiger partial charge >= 0.3 is 21.7 Å². The van der Waals surface area contributed by atoms with Gasteiger partial charge in [0, 0.05) is 117 Å². The zero-order chi connectivity index (χ0) is 67.0. The second-order valence-electron chi connectivity index (χ2n) is 25.8. The molecule has 30 nitrogen and oxygen atoms in total. The summed E-state index contributed by atoms with van der Waals surface area (Å²) in [5, 5.41) is 14.1. The molecule has 5 aromatic heterocycles. The minimum Gasteiger partial charge on any atom is -0.489 e. The predicted octanol–water partition coefficient (Wildman–Crippen LogP) is 4.79. The zero-order valence-electron chi connectivity index (χ0n) is 52.6. The number of fused-ring (bicyclic) bond motifs is 8. The molecule has 0 saturated carbocycles. The number of imide groups is 1. The van der Waals surface area contributed by atoms with Gasteiger partial charge in [-0.25, -0.2) is 33.8 Å². The molecule has 3 fully saturated rings. The molecule has 11 heterocycles. The van der Waals surface area contributed by atoms with Crippen molar-refractivity contribution in [3.63, 3.8) is 0 Å². The van der Waals surface area contributed by atoms with E-state index < -0.39 is 72.0 Å². The number of piperidine rings is 2. The molecule has 6 aromatic rings. The Labute approximate surface area is 545 Å². The molecule has 6 N–H and O–H groups in total. The number of hydrogen-bond donors (Lipinski definition) is 6. The van der Waals surface area contributed by atoms with E-state index in [9.17, 15) is 62.6 Å². The van der Waals surface area contributed by atoms with Gasteiger partial charge in [0.25, 0.3) is 23.3 Å². The van der Waals surface area contributed by atoms with Crippen LogP contribution in [0.1, 0.15) is 95.2 Å². The van der Waals surface area contributed by atoms with E-state index in [2.05, 4.69) is 64.4 Å². The number of aryl methyl sites for hydroxylation is 1. The first-order valence-corrected chi connectivity index (χ1v) is 34.4. The smallest absolute Gasteiger partial charge is 0.469 e. The van der Waals surface area contributed by atoms with Crippen LogP contribution < -0.4 is 35.2 Å². The van der Waals surface area contributed by atoms with Crippen molar-refractivity contribution in [1.29, 1.82) is 0 Å². The summed E-state index contributed by atoms with van der Waals surface area (Å²) in [4.78, 5) is 145. The first-order valence-electron chi connectivity index (χ1n) is 31.4. The fraction of sp³-hybridized carbons (Fsp3) is 0.444. The Morgan fingerprint density at radius 2 is 1.66 bits per heavy atom. The van der Waals surface area contributed by atoms with Crippen molar-refractivity contribution in [2.75, 3.05) is 84.1 Å². The number of benzene rings is 1. The van der Waals surface area contributed by atoms with Gasteiger partial charge in [-0.15, -0.1) is 0 Å². The van der Waals surface area contributed by atoms with E-state index >= 15 is 0 Å². The van der Waals surface area contributed by atoms with Crippen LogP contribution in [0.4, 0.5) is 39.3 Å². The number of aliphatic hydroxyl groups is 1. The summed E-state index contributed by atoms with van der Waals surface area (Å²) in [7, 11) is -8.37. The summed E-state index contributed by atoms with van der Waals surface area (Å²) < 4.78 is 47.7. The number of carbonyl (C=O) groups is 5. The van der Waals surface area contributed by atoms with E-state index in [1.54, 1.807) is 42.5 Å². The van der Waals surface area contributed by atoms with E-state index in [4.69, 9.17) is 14.5 Å². The van der Waals surface area contributed by atoms with Gasteiger partial charge in [0.05, 0.1) is 56.5 Å². The third kappa shape index (κ3) is 13.0. The summed E-state index contributed by atoms with van der Waals surface area (Å²) in [5.41, 5.74) is 7.71. The number of aliphatic hydroxyl groups excluding tert-OH is 1. The molecule has 7 aliphatic rings. The van der Waals surface area contributed by atoms with Crippen molar-refractivity contribution in [2.24, 2.45) is 12.5 Å². The Morgan fingerprint density at radius 1 is 0.853 bits per heavy atom. The van der Waals surface area contributed by atoms with E-state index in [0.29, 0.717) is 75.5 Å². The number of phosphoric acid groups is 2. The monoisotopic (exact) mass is 1350 g/mol. The van der Waals surface area contributed by atoms with E-state index in [1.807, 2.05) is 30.5 Å². The quantitative estimate of drug-likeness (QED) is 0.0497. The van der Waals surface area contributed by atoms with Crippen molar-refractivity contribution in [3.8, 4) is 16.9 Å². The Balaban J connectivity index is 0.618. The third-order valence-electron chi connectivity index (χ3n) is 19.0. The van der Waals surface area contributed by atoms with Crippen molar-refractivity contribution < 1.29 is 76.3 Å². The number of anilines is 6. The number of piperazine rings is 1. The maximum atomic E-state index is 14.2. The molecular formula is C63H73N13O17P2. The molecule has 6 aliphatic heterocycles. The van der Waals surface area contributed by atoms with Crippen LogP contribution in [0.15, 0.2) is 84.2 Å². The topological polar surface area (TPSA) is 358 Å². The highest BCUT2D eigenvalue weighted by molar-refractivity contribution is 7.46. The minimum atomic E-state index is -5.03. The number of hydrogen-bond acceptors (Lipinski definition) is 20. The molecule has 0 bridgehead atoms. The van der Waals surface area contributed by atoms with Crippen LogP contribution in [0.25, 0.3) is 11.1 Å². The van der Waals surface area contributed by atoms with Crippen LogP contribution in [-0.4, -0.2) is 177 Å². The number of nitrogens with zero attached hydrogens (tertiary/aromatic N) is 12. The average Bonchev–Trinajstić information content (AvgIpc) is 1.72. The predicted molar refractivity (Wildman–Crippen MR) is 343 cm³/mol. The van der Waals surface area contributed by atoms with Crippen molar-refractivity contribution in [2.45, 2.75) is 110 Å². The maximum Gasteiger partial charge on any atom is 0.469 e. The SMILES string of the molecule is C[C@H]1CN([C@H]2CCN3c4ccc5c(c4OC[C@H]3C2)CN([C@H]2CCC(=O)N(COC(=O)N(CCOP(=O)(O)O)c3ncccc3COP(=O)(O)O)C2=O)C5=O)CCN1c1ccc(Nc2cc(-c3ccnc(N4CCn5c(cc6c5CC(C)(C)C6)C4=O)c3CO)cn(C)c2=O)nc1. The lowest BCUT2D eigenvalue weighted by Gasteiger charge is -2.50. The molecule has 1 aromatic carbocycles. The standard InChI is InChI=1S/C63H73N13O17P2/c1-37-30-69(18-19-70(37)42-7-11-53(66-29-42)67-48-24-40(31-68(4)59(48)80)44-13-16-65-57(47(44)33-77)73-21-20-72-51(61(73)82)25-39-27-63(2,3)28-52(39)72)41-14-17-71-43(26-41)35-90-55-46-32-75(58(79)45(46)8-9-49(55)71)50-10-12-54(78)76(60(50)81)36-91-62(83)74(22-23-92-94(84,85)86)56-38(6-5-15-64-56)34-93-95(87,88)89/h5-9,11,13,15-16,24-25,29,31,37,41,43,50,77H,10,12,14,17-23,26-28,30,32-36H2,1-4H3,(H,66,67)(H2,84,85,86)(H2,87,88,89)/t37-,41-,43+,50-/m0/s1. The number of amides is 5. The summed E-state index contributed by atoms with van der Waals surface area (Å²) in [5.74, 6) is -0.976. The van der Waals surface area contributed by atoms with Gasteiger partial charge in [0.2, 0.25) is 5.91 Å². The van der Waals surface area contributed by atoms with Gasteiger partial charge in [-0.05, 0) is 104 Å². The normalized spacial score (nSPS) is 21.1. The number of aromatic nitrogens is 5. The summed E-state index contributed by atoms with van der Waals surface area (Å²) in [6.45, 7) is 7.76. The first-order chi connectivity index (χ1) is 45.3. The Morgan fingerprint density at radius 3 is 2.42 bits per heavy atom. The number of ether oxygens (including phenoxy) is 2. The van der Waals surface area contributed by atoms with Crippen molar-refractivity contribution in [3.05, 3.63) is 129 Å². The second kappa shape index (κ2) is 25.6. The number of rotatable bonds is 18. The van der Waals surface area contributed by atoms with Crippen LogP contribution >= 0.6 is 15.6 Å². The maximum absolute atomic E-state index is 14.2. The fourth-order valence-corrected chi connectivity index (χ4v) is 15.2. The lowest BCUT2D eigenvalue weighted by Crippen LogP contribution is -2.59. The molecular weight excluding hydrogens is 1270 g/mol. The van der Waals surface area contributed by atoms with Gasteiger partial charge in [0.15, 0.2) is 6.73 Å². The summed E-state index contributed by atoms with van der Waals surface area (Å²) in [6.07, 6.45) is 8.44. The van der Waals surface area contributed by atoms with E-state index in [1.165, 1.54) is 39.1 Å². The van der Waals surface area contributed by atoms with Crippen molar-refractivity contribution >= 4 is 79.9 Å². The molecule has 95 heavy (non-hydrogen) atoms. The largest absolute Gasteiger partial charge is 0.489 e. The third-order valence-corrected chi connectivity index (χ3v) is 20.0. The van der Waals surface area contributed by atoms with E-state index in [-0.39, 0.29) is 78.1 Å². The molecule has 0 unspecified atom stereocenters. The van der Waals surface area contributed by atoms with Gasteiger partial charge in [-0.1, -0.05) is 19.9 Å². The molecule has 32 heteroatoms. The fourth-order valence-electron chi connectivity index (χ4n) is 14.6. The highest BCUT2D eigenvalue weighted by Gasteiger charge is 2.47. The van der Waals surface area contributed by atoms with Crippen LogP contribution in [0.3, 0.4) is 0 Å².